The first-order chi connectivity index (χ1) is 9.77. The van der Waals surface area contributed by atoms with Crippen molar-refractivity contribution in [2.24, 2.45) is 5.73 Å². The Kier molecular flexibility index (Phi) is 4.21. The predicted molar refractivity (Wildman–Crippen MR) is 81.9 cm³/mol. The standard InChI is InChI=1S/C13H18N4O3S/c1-8-6-9(14)2-4-11(8)16-17-12-5-3-10(15)7-13(12)21(18,19)20/h2-3,5-7,11,16-17H,4,14-15H2,1H3,(H,18,19,20). The van der Waals surface area contributed by atoms with Gasteiger partial charge in [0.15, 0.2) is 0 Å². The van der Waals surface area contributed by atoms with Crippen LogP contribution in [0, 0.1) is 0 Å². The van der Waals surface area contributed by atoms with Gasteiger partial charge in [-0.25, -0.2) is 5.43 Å². The van der Waals surface area contributed by atoms with Crippen LogP contribution in [0.2, 0.25) is 0 Å². The summed E-state index contributed by atoms with van der Waals surface area (Å²) in [6.07, 6.45) is 4.39. The van der Waals surface area contributed by atoms with Gasteiger partial charge in [-0.3, -0.25) is 4.55 Å². The molecular formula is C13H18N4O3S. The maximum Gasteiger partial charge on any atom is 0.296 e. The van der Waals surface area contributed by atoms with E-state index in [0.717, 1.165) is 5.57 Å². The summed E-state index contributed by atoms with van der Waals surface area (Å²) in [7, 11) is -4.36. The zero-order valence-corrected chi connectivity index (χ0v) is 12.3. The molecule has 21 heavy (non-hydrogen) atoms. The third-order valence-corrected chi connectivity index (χ3v) is 4.09. The number of hydrogen-bond acceptors (Lipinski definition) is 6. The van der Waals surface area contributed by atoms with Gasteiger partial charge in [0, 0.05) is 11.4 Å². The quantitative estimate of drug-likeness (QED) is 0.318. The summed E-state index contributed by atoms with van der Waals surface area (Å²) < 4.78 is 31.9. The lowest BCUT2D eigenvalue weighted by Crippen LogP contribution is -2.36. The highest BCUT2D eigenvalue weighted by Gasteiger charge is 2.18. The van der Waals surface area contributed by atoms with Crippen molar-refractivity contribution in [1.29, 1.82) is 0 Å². The maximum absolute atomic E-state index is 11.4. The zero-order chi connectivity index (χ0) is 15.6. The molecule has 0 radical (unpaired) electrons. The van der Waals surface area contributed by atoms with Crippen LogP contribution in [0.5, 0.6) is 0 Å². The number of benzene rings is 1. The number of nitrogens with one attached hydrogen (secondary N) is 2. The average molecular weight is 310 g/mol. The van der Waals surface area contributed by atoms with Crippen molar-refractivity contribution in [3.63, 3.8) is 0 Å². The van der Waals surface area contributed by atoms with Crippen molar-refractivity contribution >= 4 is 21.5 Å². The zero-order valence-electron chi connectivity index (χ0n) is 11.5. The van der Waals surface area contributed by atoms with Gasteiger partial charge in [-0.05, 0) is 37.6 Å². The van der Waals surface area contributed by atoms with Gasteiger partial charge in [-0.1, -0.05) is 11.6 Å². The summed E-state index contributed by atoms with van der Waals surface area (Å²) in [6, 6.07) is 4.20. The van der Waals surface area contributed by atoms with E-state index in [1.807, 2.05) is 19.1 Å². The molecule has 0 fully saturated rings. The van der Waals surface area contributed by atoms with E-state index in [4.69, 9.17) is 11.5 Å². The lowest BCUT2D eigenvalue weighted by atomic mass is 10.00. The Morgan fingerprint density at radius 2 is 2.05 bits per heavy atom. The van der Waals surface area contributed by atoms with Crippen LogP contribution < -0.4 is 22.3 Å². The van der Waals surface area contributed by atoms with Gasteiger partial charge in [0.1, 0.15) is 4.90 Å². The minimum absolute atomic E-state index is 0.0240. The lowest BCUT2D eigenvalue weighted by Gasteiger charge is -2.23. The second-order valence-corrected chi connectivity index (χ2v) is 6.27. The molecule has 0 heterocycles. The monoisotopic (exact) mass is 310 g/mol. The van der Waals surface area contributed by atoms with Gasteiger partial charge in [-0.2, -0.15) is 8.42 Å². The number of nitrogen functional groups attached to an aromatic ring is 1. The molecule has 0 aromatic heterocycles. The fourth-order valence-corrected chi connectivity index (χ4v) is 2.74. The van der Waals surface area contributed by atoms with Gasteiger partial charge in [0.25, 0.3) is 10.1 Å². The minimum atomic E-state index is -4.36. The van der Waals surface area contributed by atoms with E-state index in [1.165, 1.54) is 12.1 Å². The van der Waals surface area contributed by atoms with Crippen molar-refractivity contribution < 1.29 is 13.0 Å². The molecule has 1 aliphatic carbocycles. The van der Waals surface area contributed by atoms with E-state index in [9.17, 15) is 13.0 Å². The van der Waals surface area contributed by atoms with E-state index in [0.29, 0.717) is 12.1 Å². The molecule has 0 spiro atoms. The topological polar surface area (TPSA) is 130 Å². The molecule has 7 nitrogen and oxygen atoms in total. The molecule has 2 rings (SSSR count). The molecule has 0 saturated heterocycles. The molecule has 0 aliphatic heterocycles. The van der Waals surface area contributed by atoms with Crippen molar-refractivity contribution in [3.05, 3.63) is 41.6 Å². The summed E-state index contributed by atoms with van der Waals surface area (Å²) in [6.45, 7) is 1.92. The van der Waals surface area contributed by atoms with Gasteiger partial charge in [-0.15, -0.1) is 0 Å². The van der Waals surface area contributed by atoms with Crippen LogP contribution in [-0.2, 0) is 10.1 Å². The highest BCUT2D eigenvalue weighted by atomic mass is 32.2. The molecule has 1 aromatic carbocycles. The second kappa shape index (κ2) is 5.76. The molecule has 114 valence electrons. The fourth-order valence-electron chi connectivity index (χ4n) is 2.06. The summed E-state index contributed by atoms with van der Waals surface area (Å²) in [4.78, 5) is -0.275. The van der Waals surface area contributed by atoms with Gasteiger partial charge in [0.05, 0.1) is 11.7 Å². The summed E-state index contributed by atoms with van der Waals surface area (Å²) >= 11 is 0. The van der Waals surface area contributed by atoms with Gasteiger partial charge in [0.2, 0.25) is 0 Å². The number of nitrogens with two attached hydrogens (primary N) is 2. The Labute approximate surface area is 123 Å². The van der Waals surface area contributed by atoms with Crippen molar-refractivity contribution in [3.8, 4) is 0 Å². The van der Waals surface area contributed by atoms with E-state index < -0.39 is 10.1 Å². The van der Waals surface area contributed by atoms with Gasteiger partial charge < -0.3 is 16.9 Å². The Hall–Kier alpha value is -2.03. The van der Waals surface area contributed by atoms with E-state index in [-0.39, 0.29) is 22.3 Å². The summed E-state index contributed by atoms with van der Waals surface area (Å²) in [5.41, 5.74) is 19.3. The summed E-state index contributed by atoms with van der Waals surface area (Å²) in [5, 5.41) is 0. The van der Waals surface area contributed by atoms with E-state index in [1.54, 1.807) is 6.07 Å². The third-order valence-electron chi connectivity index (χ3n) is 3.20. The fraction of sp³-hybridized carbons (Fsp3) is 0.231. The van der Waals surface area contributed by atoms with Crippen LogP contribution in [0.15, 0.2) is 46.5 Å². The number of rotatable bonds is 4. The molecule has 0 amide bonds. The number of hydrogen-bond donors (Lipinski definition) is 5. The van der Waals surface area contributed by atoms with Crippen LogP contribution in [0.3, 0.4) is 0 Å². The third kappa shape index (κ3) is 3.75. The van der Waals surface area contributed by atoms with E-state index >= 15 is 0 Å². The molecule has 1 aromatic rings. The van der Waals surface area contributed by atoms with Crippen molar-refractivity contribution in [2.75, 3.05) is 11.2 Å². The summed E-state index contributed by atoms with van der Waals surface area (Å²) in [5.74, 6) is 0. The molecule has 0 bridgehead atoms. The van der Waals surface area contributed by atoms with Gasteiger partial charge >= 0.3 is 0 Å². The lowest BCUT2D eigenvalue weighted by molar-refractivity contribution is 0.483. The predicted octanol–water partition coefficient (Wildman–Crippen LogP) is 0.993. The van der Waals surface area contributed by atoms with Crippen LogP contribution >= 0.6 is 0 Å². The average Bonchev–Trinajstić information content (AvgIpc) is 2.38. The second-order valence-electron chi connectivity index (χ2n) is 4.88. The molecule has 1 atom stereocenters. The smallest absolute Gasteiger partial charge is 0.296 e. The first-order valence-electron chi connectivity index (χ1n) is 6.30. The van der Waals surface area contributed by atoms with Crippen molar-refractivity contribution in [1.82, 2.24) is 5.43 Å². The van der Waals surface area contributed by atoms with E-state index in [2.05, 4.69) is 10.9 Å². The largest absolute Gasteiger partial charge is 0.399 e. The number of hydrazine groups is 1. The van der Waals surface area contributed by atoms with Crippen LogP contribution in [0.1, 0.15) is 13.3 Å². The first-order valence-corrected chi connectivity index (χ1v) is 7.74. The highest BCUT2D eigenvalue weighted by molar-refractivity contribution is 7.86. The molecule has 7 N–H and O–H groups in total. The Morgan fingerprint density at radius 1 is 1.33 bits per heavy atom. The Morgan fingerprint density at radius 3 is 2.67 bits per heavy atom. The maximum atomic E-state index is 11.4. The molecule has 1 unspecified atom stereocenters. The SMILES string of the molecule is CC1=CC(N)=CCC1NNc1ccc(N)cc1S(=O)(=O)O. The Bertz CT molecular complexity index is 710. The number of anilines is 2. The van der Waals surface area contributed by atoms with Crippen LogP contribution in [0.4, 0.5) is 11.4 Å². The molecule has 1 aliphatic rings. The number of allylic oxidation sites excluding steroid dienone is 1. The van der Waals surface area contributed by atoms with Crippen LogP contribution in [0.25, 0.3) is 0 Å². The first kappa shape index (κ1) is 15.4. The minimum Gasteiger partial charge on any atom is -0.399 e. The highest BCUT2D eigenvalue weighted by Crippen LogP contribution is 2.24. The van der Waals surface area contributed by atoms with Crippen molar-refractivity contribution in [2.45, 2.75) is 24.3 Å². The van der Waals surface area contributed by atoms with Crippen LogP contribution in [-0.4, -0.2) is 19.0 Å². The Balaban J connectivity index is 2.17. The normalized spacial score (nSPS) is 18.9. The molecule has 0 saturated carbocycles. The molecule has 8 heteroatoms. The molecular weight excluding hydrogens is 292 g/mol.